The van der Waals surface area contributed by atoms with Crippen LogP contribution in [0.1, 0.15) is 46.6 Å². The largest absolute Gasteiger partial charge is 0.491 e. The molecule has 0 heterocycles. The maximum absolute atomic E-state index is 6.10. The zero-order valence-corrected chi connectivity index (χ0v) is 16.1. The average molecular weight is 322 g/mol. The van der Waals surface area contributed by atoms with Gasteiger partial charge in [0.1, 0.15) is 18.1 Å². The van der Waals surface area contributed by atoms with E-state index in [4.69, 9.17) is 9.47 Å². The minimum absolute atomic E-state index is 0.237. The van der Waals surface area contributed by atoms with Gasteiger partial charge in [0.25, 0.3) is 0 Å². The Morgan fingerprint density at radius 3 is 2.04 bits per heavy atom. The lowest BCUT2D eigenvalue weighted by Crippen LogP contribution is -2.45. The van der Waals surface area contributed by atoms with Crippen LogP contribution in [-0.2, 0) is 11.2 Å². The molecule has 1 aromatic carbocycles. The predicted molar refractivity (Wildman–Crippen MR) is 98.0 cm³/mol. The Balaban J connectivity index is 2.41. The van der Waals surface area contributed by atoms with E-state index in [2.05, 4.69) is 77.9 Å². The summed E-state index contributed by atoms with van der Waals surface area (Å²) in [5.41, 5.74) is 1.12. The van der Waals surface area contributed by atoms with Crippen LogP contribution in [0.25, 0.3) is 0 Å². The Kier molecular flexibility index (Phi) is 8.07. The van der Waals surface area contributed by atoms with Gasteiger partial charge in [0.15, 0.2) is 0 Å². The summed E-state index contributed by atoms with van der Waals surface area (Å²) in [4.78, 5) is 2.15. The van der Waals surface area contributed by atoms with E-state index in [-0.39, 0.29) is 5.72 Å². The third kappa shape index (κ3) is 7.36. The normalized spacial score (nSPS) is 14.5. The van der Waals surface area contributed by atoms with Crippen molar-refractivity contribution in [3.05, 3.63) is 29.8 Å². The minimum Gasteiger partial charge on any atom is -0.491 e. The SMILES string of the molecule is CC(C)Cc1ccc(OCCOC(C)(CC(C)C)N(C)C)cc1. The number of ether oxygens (including phenoxy) is 2. The molecule has 0 amide bonds. The zero-order valence-electron chi connectivity index (χ0n) is 16.1. The molecule has 0 fully saturated rings. The molecule has 0 radical (unpaired) electrons. The van der Waals surface area contributed by atoms with Gasteiger partial charge in [0.2, 0.25) is 0 Å². The Labute approximate surface area is 143 Å². The molecule has 23 heavy (non-hydrogen) atoms. The van der Waals surface area contributed by atoms with Crippen molar-refractivity contribution < 1.29 is 9.47 Å². The lowest BCUT2D eigenvalue weighted by atomic mass is 10.0. The average Bonchev–Trinajstić information content (AvgIpc) is 2.44. The molecular formula is C20H35NO2. The lowest BCUT2D eigenvalue weighted by Gasteiger charge is -2.37. The van der Waals surface area contributed by atoms with Crippen LogP contribution in [0.5, 0.6) is 5.75 Å². The molecule has 0 bridgehead atoms. The highest BCUT2D eigenvalue weighted by molar-refractivity contribution is 5.27. The summed E-state index contributed by atoms with van der Waals surface area (Å²) in [5, 5.41) is 0. The number of rotatable bonds is 10. The summed E-state index contributed by atoms with van der Waals surface area (Å²) in [6.07, 6.45) is 2.11. The molecule has 3 heteroatoms. The molecule has 0 saturated carbocycles. The Morgan fingerprint density at radius 2 is 1.57 bits per heavy atom. The molecular weight excluding hydrogens is 286 g/mol. The summed E-state index contributed by atoms with van der Waals surface area (Å²) < 4.78 is 11.9. The summed E-state index contributed by atoms with van der Waals surface area (Å²) in [7, 11) is 4.13. The standard InChI is InChI=1S/C20H35NO2/c1-16(2)14-18-8-10-19(11-9-18)22-12-13-23-20(5,21(6)7)15-17(3)4/h8-11,16-17H,12-15H2,1-7H3. The Bertz CT molecular complexity index is 439. The number of hydrogen-bond donors (Lipinski definition) is 0. The molecule has 0 saturated heterocycles. The van der Waals surface area contributed by atoms with Crippen LogP contribution in [0.4, 0.5) is 0 Å². The van der Waals surface area contributed by atoms with E-state index in [1.807, 2.05) is 0 Å². The van der Waals surface area contributed by atoms with Crippen LogP contribution >= 0.6 is 0 Å². The highest BCUT2D eigenvalue weighted by atomic mass is 16.5. The van der Waals surface area contributed by atoms with Gasteiger partial charge < -0.3 is 9.47 Å². The lowest BCUT2D eigenvalue weighted by molar-refractivity contribution is -0.140. The van der Waals surface area contributed by atoms with Crippen molar-refractivity contribution in [3.63, 3.8) is 0 Å². The van der Waals surface area contributed by atoms with Gasteiger partial charge in [-0.25, -0.2) is 0 Å². The summed E-state index contributed by atoms with van der Waals surface area (Å²) in [5.74, 6) is 2.19. The second-order valence-corrected chi connectivity index (χ2v) is 7.61. The first-order valence-corrected chi connectivity index (χ1v) is 8.76. The van der Waals surface area contributed by atoms with Crippen molar-refractivity contribution in [2.24, 2.45) is 11.8 Å². The quantitative estimate of drug-likeness (QED) is 0.464. The number of hydrogen-bond acceptors (Lipinski definition) is 3. The van der Waals surface area contributed by atoms with Crippen LogP contribution in [0.2, 0.25) is 0 Å². The van der Waals surface area contributed by atoms with Crippen molar-refractivity contribution in [2.45, 2.75) is 53.2 Å². The second-order valence-electron chi connectivity index (χ2n) is 7.61. The van der Waals surface area contributed by atoms with Gasteiger partial charge in [0.05, 0.1) is 6.61 Å². The number of nitrogens with zero attached hydrogens (tertiary/aromatic N) is 1. The van der Waals surface area contributed by atoms with Crippen LogP contribution in [0, 0.1) is 11.8 Å². The van der Waals surface area contributed by atoms with Crippen molar-refractivity contribution in [1.82, 2.24) is 4.90 Å². The molecule has 1 unspecified atom stereocenters. The van der Waals surface area contributed by atoms with Gasteiger partial charge in [-0.2, -0.15) is 0 Å². The first-order chi connectivity index (χ1) is 10.7. The van der Waals surface area contributed by atoms with E-state index in [9.17, 15) is 0 Å². The van der Waals surface area contributed by atoms with Crippen LogP contribution < -0.4 is 4.74 Å². The molecule has 0 spiro atoms. The maximum atomic E-state index is 6.10. The van der Waals surface area contributed by atoms with Gasteiger partial charge in [-0.3, -0.25) is 4.90 Å². The summed E-state index contributed by atoms with van der Waals surface area (Å²) in [6, 6.07) is 8.41. The monoisotopic (exact) mass is 321 g/mol. The zero-order chi connectivity index (χ0) is 17.5. The van der Waals surface area contributed by atoms with Gasteiger partial charge >= 0.3 is 0 Å². The van der Waals surface area contributed by atoms with Gasteiger partial charge in [-0.15, -0.1) is 0 Å². The molecule has 0 aromatic heterocycles. The van der Waals surface area contributed by atoms with Gasteiger partial charge in [0, 0.05) is 0 Å². The highest BCUT2D eigenvalue weighted by Crippen LogP contribution is 2.23. The molecule has 1 atom stereocenters. The fourth-order valence-corrected chi connectivity index (χ4v) is 2.74. The van der Waals surface area contributed by atoms with Crippen molar-refractivity contribution in [2.75, 3.05) is 27.3 Å². The van der Waals surface area contributed by atoms with Crippen molar-refractivity contribution >= 4 is 0 Å². The topological polar surface area (TPSA) is 21.7 Å². The van der Waals surface area contributed by atoms with Crippen LogP contribution in [-0.4, -0.2) is 37.9 Å². The number of benzene rings is 1. The molecule has 1 aromatic rings. The molecule has 0 aliphatic heterocycles. The van der Waals surface area contributed by atoms with Crippen molar-refractivity contribution in [3.8, 4) is 5.75 Å². The third-order valence-corrected chi connectivity index (χ3v) is 4.07. The van der Waals surface area contributed by atoms with E-state index >= 15 is 0 Å². The molecule has 1 rings (SSSR count). The van der Waals surface area contributed by atoms with Gasteiger partial charge in [-0.1, -0.05) is 39.8 Å². The Hall–Kier alpha value is -1.06. The van der Waals surface area contributed by atoms with Crippen LogP contribution in [0.15, 0.2) is 24.3 Å². The fraction of sp³-hybridized carbons (Fsp3) is 0.700. The van der Waals surface area contributed by atoms with E-state index in [1.165, 1.54) is 5.56 Å². The first kappa shape index (κ1) is 20.0. The van der Waals surface area contributed by atoms with E-state index in [1.54, 1.807) is 0 Å². The predicted octanol–water partition coefficient (Wildman–Crippen LogP) is 4.60. The highest BCUT2D eigenvalue weighted by Gasteiger charge is 2.28. The van der Waals surface area contributed by atoms with E-state index in [0.717, 1.165) is 18.6 Å². The van der Waals surface area contributed by atoms with E-state index in [0.29, 0.717) is 25.0 Å². The van der Waals surface area contributed by atoms with Gasteiger partial charge in [-0.05, 0) is 63.4 Å². The molecule has 0 N–H and O–H groups in total. The smallest absolute Gasteiger partial charge is 0.119 e. The molecule has 0 aliphatic rings. The Morgan fingerprint density at radius 1 is 0.957 bits per heavy atom. The summed E-state index contributed by atoms with van der Waals surface area (Å²) >= 11 is 0. The molecule has 3 nitrogen and oxygen atoms in total. The first-order valence-electron chi connectivity index (χ1n) is 8.76. The molecule has 0 aliphatic carbocycles. The van der Waals surface area contributed by atoms with Crippen molar-refractivity contribution in [1.29, 1.82) is 0 Å². The summed E-state index contributed by atoms with van der Waals surface area (Å²) in [6.45, 7) is 12.2. The third-order valence-electron chi connectivity index (χ3n) is 4.07. The minimum atomic E-state index is -0.237. The van der Waals surface area contributed by atoms with E-state index < -0.39 is 0 Å². The fourth-order valence-electron chi connectivity index (χ4n) is 2.74. The second kappa shape index (κ2) is 9.29. The van der Waals surface area contributed by atoms with Crippen LogP contribution in [0.3, 0.4) is 0 Å². The maximum Gasteiger partial charge on any atom is 0.119 e. The molecule has 132 valence electrons.